The van der Waals surface area contributed by atoms with Gasteiger partial charge in [-0.2, -0.15) is 0 Å². The van der Waals surface area contributed by atoms with Gasteiger partial charge in [0.15, 0.2) is 0 Å². The topological polar surface area (TPSA) is 12.0 Å². The van der Waals surface area contributed by atoms with E-state index in [9.17, 15) is 0 Å². The van der Waals surface area contributed by atoms with Gasteiger partial charge in [0.2, 0.25) is 0 Å². The maximum atomic E-state index is 3.81. The lowest BCUT2D eigenvalue weighted by atomic mass is 9.76. The fraction of sp³-hybridized carbons (Fsp3) is 0.667. The predicted octanol–water partition coefficient (Wildman–Crippen LogP) is 5.62. The monoisotopic (exact) mass is 337 g/mol. The highest BCUT2D eigenvalue weighted by Crippen LogP contribution is 2.39. The van der Waals surface area contributed by atoms with Crippen molar-refractivity contribution in [3.05, 3.63) is 33.8 Å². The Morgan fingerprint density at radius 2 is 2.15 bits per heavy atom. The van der Waals surface area contributed by atoms with E-state index in [-0.39, 0.29) is 0 Å². The summed E-state index contributed by atoms with van der Waals surface area (Å²) in [7, 11) is 0. The van der Waals surface area contributed by atoms with Gasteiger partial charge < -0.3 is 5.32 Å². The zero-order valence-electron chi connectivity index (χ0n) is 13.1. The lowest BCUT2D eigenvalue weighted by Crippen LogP contribution is -2.32. The highest BCUT2D eigenvalue weighted by Gasteiger charge is 2.28. The fourth-order valence-corrected chi connectivity index (χ4v) is 4.04. The van der Waals surface area contributed by atoms with E-state index in [4.69, 9.17) is 0 Å². The first-order valence-electron chi connectivity index (χ1n) is 8.11. The minimum Gasteiger partial charge on any atom is -0.310 e. The third-order valence-electron chi connectivity index (χ3n) is 4.62. The molecule has 1 saturated carbocycles. The summed E-state index contributed by atoms with van der Waals surface area (Å²) in [4.78, 5) is 0. The van der Waals surface area contributed by atoms with E-state index in [1.165, 1.54) is 47.7 Å². The standard InChI is InChI=1S/C18H28BrN/c1-4-11-20-18(15-9-5-7-13(2)12-15)16-10-6-8-14(3)17(16)19/h6,8,10,13,15,18,20H,4-5,7,9,11-12H2,1-3H3. The van der Waals surface area contributed by atoms with Gasteiger partial charge in [-0.1, -0.05) is 60.8 Å². The summed E-state index contributed by atoms with van der Waals surface area (Å²) in [5, 5.41) is 3.81. The predicted molar refractivity (Wildman–Crippen MR) is 91.0 cm³/mol. The number of halogens is 1. The molecule has 20 heavy (non-hydrogen) atoms. The molecule has 0 heterocycles. The molecule has 3 unspecified atom stereocenters. The van der Waals surface area contributed by atoms with Gasteiger partial charge >= 0.3 is 0 Å². The Hall–Kier alpha value is -0.340. The molecular formula is C18H28BrN. The number of nitrogens with one attached hydrogen (secondary N) is 1. The average molecular weight is 338 g/mol. The maximum absolute atomic E-state index is 3.81. The summed E-state index contributed by atoms with van der Waals surface area (Å²) in [6.07, 6.45) is 6.72. The highest BCUT2D eigenvalue weighted by molar-refractivity contribution is 9.10. The van der Waals surface area contributed by atoms with Gasteiger partial charge in [-0.05, 0) is 55.7 Å². The van der Waals surface area contributed by atoms with Crippen LogP contribution in [0.5, 0.6) is 0 Å². The Kier molecular flexibility index (Phi) is 6.10. The van der Waals surface area contributed by atoms with Crippen LogP contribution in [0.2, 0.25) is 0 Å². The molecule has 1 aliphatic rings. The second-order valence-electron chi connectivity index (χ2n) is 6.44. The number of benzene rings is 1. The number of hydrogen-bond donors (Lipinski definition) is 1. The van der Waals surface area contributed by atoms with Crippen LogP contribution >= 0.6 is 15.9 Å². The van der Waals surface area contributed by atoms with E-state index >= 15 is 0 Å². The number of hydrogen-bond acceptors (Lipinski definition) is 1. The van der Waals surface area contributed by atoms with Crippen molar-refractivity contribution in [3.63, 3.8) is 0 Å². The first-order valence-corrected chi connectivity index (χ1v) is 8.91. The lowest BCUT2D eigenvalue weighted by Gasteiger charge is -2.35. The molecule has 0 bridgehead atoms. The second-order valence-corrected chi connectivity index (χ2v) is 7.23. The second kappa shape index (κ2) is 7.61. The molecule has 0 saturated heterocycles. The largest absolute Gasteiger partial charge is 0.310 e. The van der Waals surface area contributed by atoms with Crippen LogP contribution in [-0.4, -0.2) is 6.54 Å². The van der Waals surface area contributed by atoms with E-state index in [1.807, 2.05) is 0 Å². The minimum absolute atomic E-state index is 0.506. The van der Waals surface area contributed by atoms with E-state index in [1.54, 1.807) is 0 Å². The summed E-state index contributed by atoms with van der Waals surface area (Å²) in [6, 6.07) is 7.19. The molecular weight excluding hydrogens is 310 g/mol. The number of rotatable bonds is 5. The third-order valence-corrected chi connectivity index (χ3v) is 5.70. The van der Waals surface area contributed by atoms with Crippen LogP contribution in [-0.2, 0) is 0 Å². The van der Waals surface area contributed by atoms with Crippen molar-refractivity contribution in [2.24, 2.45) is 11.8 Å². The van der Waals surface area contributed by atoms with Crippen molar-refractivity contribution in [2.45, 2.75) is 58.9 Å². The molecule has 1 aliphatic carbocycles. The zero-order valence-corrected chi connectivity index (χ0v) is 14.7. The molecule has 0 spiro atoms. The van der Waals surface area contributed by atoms with Crippen molar-refractivity contribution in [1.29, 1.82) is 0 Å². The van der Waals surface area contributed by atoms with Gasteiger partial charge in [-0.15, -0.1) is 0 Å². The molecule has 0 aromatic heterocycles. The van der Waals surface area contributed by atoms with Crippen LogP contribution in [0.25, 0.3) is 0 Å². The van der Waals surface area contributed by atoms with Crippen LogP contribution in [0.15, 0.2) is 22.7 Å². The Labute approximate surface area is 132 Å². The van der Waals surface area contributed by atoms with Gasteiger partial charge in [-0.25, -0.2) is 0 Å². The van der Waals surface area contributed by atoms with Crippen LogP contribution in [0, 0.1) is 18.8 Å². The van der Waals surface area contributed by atoms with Gasteiger partial charge in [-0.3, -0.25) is 0 Å². The molecule has 1 nitrogen and oxygen atoms in total. The van der Waals surface area contributed by atoms with E-state index in [0.29, 0.717) is 6.04 Å². The minimum atomic E-state index is 0.506. The summed E-state index contributed by atoms with van der Waals surface area (Å²) in [5.74, 6) is 1.66. The normalized spacial score (nSPS) is 24.6. The van der Waals surface area contributed by atoms with Gasteiger partial charge in [0.25, 0.3) is 0 Å². The maximum Gasteiger partial charge on any atom is 0.0360 e. The van der Waals surface area contributed by atoms with Crippen LogP contribution in [0.1, 0.15) is 63.1 Å². The molecule has 0 amide bonds. The molecule has 0 aliphatic heterocycles. The molecule has 1 aromatic rings. The highest BCUT2D eigenvalue weighted by atomic mass is 79.9. The molecule has 1 aromatic carbocycles. The molecule has 112 valence electrons. The Morgan fingerprint density at radius 1 is 1.35 bits per heavy atom. The Bertz CT molecular complexity index is 429. The van der Waals surface area contributed by atoms with Crippen molar-refractivity contribution < 1.29 is 0 Å². The first-order chi connectivity index (χ1) is 9.63. The quantitative estimate of drug-likeness (QED) is 0.734. The van der Waals surface area contributed by atoms with Crippen LogP contribution < -0.4 is 5.32 Å². The fourth-order valence-electron chi connectivity index (χ4n) is 3.52. The molecule has 3 atom stereocenters. The molecule has 2 heteroatoms. The van der Waals surface area contributed by atoms with Gasteiger partial charge in [0, 0.05) is 10.5 Å². The summed E-state index contributed by atoms with van der Waals surface area (Å²) >= 11 is 3.81. The Balaban J connectivity index is 2.24. The van der Waals surface area contributed by atoms with Crippen LogP contribution in [0.3, 0.4) is 0 Å². The molecule has 1 fully saturated rings. The average Bonchev–Trinajstić information content (AvgIpc) is 2.44. The Morgan fingerprint density at radius 3 is 2.85 bits per heavy atom. The van der Waals surface area contributed by atoms with Gasteiger partial charge in [0.05, 0.1) is 0 Å². The molecule has 0 radical (unpaired) electrons. The number of aryl methyl sites for hydroxylation is 1. The van der Waals surface area contributed by atoms with E-state index in [2.05, 4.69) is 60.2 Å². The third kappa shape index (κ3) is 3.85. The summed E-state index contributed by atoms with van der Waals surface area (Å²) in [5.41, 5.74) is 2.80. The first kappa shape index (κ1) is 16.0. The summed E-state index contributed by atoms with van der Waals surface area (Å²) < 4.78 is 1.30. The zero-order chi connectivity index (χ0) is 14.5. The SMILES string of the molecule is CCCNC(c1cccc(C)c1Br)C1CCCC(C)C1. The van der Waals surface area contributed by atoms with Crippen molar-refractivity contribution in [2.75, 3.05) is 6.54 Å². The molecule has 2 rings (SSSR count). The van der Waals surface area contributed by atoms with Crippen molar-refractivity contribution in [3.8, 4) is 0 Å². The van der Waals surface area contributed by atoms with Crippen molar-refractivity contribution >= 4 is 15.9 Å². The summed E-state index contributed by atoms with van der Waals surface area (Å²) in [6.45, 7) is 7.96. The van der Waals surface area contributed by atoms with Crippen LogP contribution in [0.4, 0.5) is 0 Å². The van der Waals surface area contributed by atoms with Gasteiger partial charge in [0.1, 0.15) is 0 Å². The van der Waals surface area contributed by atoms with E-state index in [0.717, 1.165) is 18.4 Å². The molecule has 1 N–H and O–H groups in total. The van der Waals surface area contributed by atoms with E-state index < -0.39 is 0 Å². The van der Waals surface area contributed by atoms with Crippen molar-refractivity contribution in [1.82, 2.24) is 5.32 Å². The smallest absolute Gasteiger partial charge is 0.0360 e. The lowest BCUT2D eigenvalue weighted by molar-refractivity contribution is 0.223.